The van der Waals surface area contributed by atoms with E-state index >= 15 is 0 Å². The lowest BCUT2D eigenvalue weighted by Crippen LogP contribution is -2.48. The Labute approximate surface area is 193 Å². The van der Waals surface area contributed by atoms with Gasteiger partial charge in [0.15, 0.2) is 0 Å². The van der Waals surface area contributed by atoms with Gasteiger partial charge in [0.25, 0.3) is 0 Å². The SMILES string of the molecule is CC[N+](CC)(CC)CC[C@@H](C)c1ccc(S(=O)(=O)NCCc2c[nH]c3ccccc23)cc1. The molecule has 5 nitrogen and oxygen atoms in total. The average Bonchev–Trinajstić information content (AvgIpc) is 3.23. The van der Waals surface area contributed by atoms with Gasteiger partial charge >= 0.3 is 0 Å². The van der Waals surface area contributed by atoms with E-state index in [1.54, 1.807) is 12.1 Å². The van der Waals surface area contributed by atoms with E-state index in [9.17, 15) is 8.42 Å². The number of hydrogen-bond acceptors (Lipinski definition) is 2. The Hall–Kier alpha value is -2.15. The first kappa shape index (κ1) is 24.5. The van der Waals surface area contributed by atoms with Crippen LogP contribution in [0.1, 0.15) is 51.2 Å². The largest absolute Gasteiger partial charge is 0.361 e. The van der Waals surface area contributed by atoms with Crippen molar-refractivity contribution in [3.05, 3.63) is 65.9 Å². The zero-order chi connectivity index (χ0) is 23.2. The van der Waals surface area contributed by atoms with E-state index in [4.69, 9.17) is 0 Å². The highest BCUT2D eigenvalue weighted by atomic mass is 32.2. The number of benzene rings is 2. The van der Waals surface area contributed by atoms with Crippen molar-refractivity contribution < 1.29 is 12.9 Å². The number of H-pyrrole nitrogens is 1. The van der Waals surface area contributed by atoms with Crippen LogP contribution in [0.5, 0.6) is 0 Å². The van der Waals surface area contributed by atoms with Gasteiger partial charge in [-0.2, -0.15) is 0 Å². The Morgan fingerprint density at radius 1 is 0.969 bits per heavy atom. The van der Waals surface area contributed by atoms with E-state index in [1.165, 1.54) is 5.56 Å². The van der Waals surface area contributed by atoms with E-state index in [0.717, 1.165) is 53.5 Å². The van der Waals surface area contributed by atoms with Crippen LogP contribution in [0.2, 0.25) is 0 Å². The van der Waals surface area contributed by atoms with Crippen molar-refractivity contribution in [1.29, 1.82) is 0 Å². The van der Waals surface area contributed by atoms with Crippen molar-refractivity contribution >= 4 is 20.9 Å². The first-order valence-electron chi connectivity index (χ1n) is 11.8. The van der Waals surface area contributed by atoms with Crippen LogP contribution in [0.3, 0.4) is 0 Å². The third-order valence-electron chi connectivity index (χ3n) is 7.17. The van der Waals surface area contributed by atoms with Gasteiger partial charge in [0, 0.05) is 30.1 Å². The summed E-state index contributed by atoms with van der Waals surface area (Å²) < 4.78 is 29.4. The second kappa shape index (κ2) is 10.6. The summed E-state index contributed by atoms with van der Waals surface area (Å²) in [6, 6.07) is 15.5. The number of sulfonamides is 1. The second-order valence-corrected chi connectivity index (χ2v) is 10.5. The van der Waals surface area contributed by atoms with Gasteiger partial charge in [-0.05, 0) is 62.4 Å². The standard InChI is InChI=1S/C26H38N3O2S/c1-5-29(6-2,7-3)19-17-21(4)22-12-14-24(15-13-22)32(30,31)28-18-16-23-20-27-26-11-9-8-10-25(23)26/h8-15,20-21,27-28H,5-7,16-19H2,1-4H3/q+1/t21-/m1/s1. The molecule has 6 heteroatoms. The number of quaternary nitrogens is 1. The number of rotatable bonds is 12. The number of aromatic nitrogens is 1. The minimum atomic E-state index is -3.52. The van der Waals surface area contributed by atoms with E-state index in [-0.39, 0.29) is 0 Å². The first-order chi connectivity index (χ1) is 15.3. The van der Waals surface area contributed by atoms with Crippen LogP contribution in [0.15, 0.2) is 59.6 Å². The van der Waals surface area contributed by atoms with Crippen molar-refractivity contribution in [2.75, 3.05) is 32.7 Å². The molecule has 0 spiro atoms. The van der Waals surface area contributed by atoms with Gasteiger partial charge in [0.2, 0.25) is 10.0 Å². The Balaban J connectivity index is 1.58. The predicted molar refractivity (Wildman–Crippen MR) is 133 cm³/mol. The summed E-state index contributed by atoms with van der Waals surface area (Å²) in [5.41, 5.74) is 3.39. The highest BCUT2D eigenvalue weighted by Crippen LogP contribution is 2.23. The molecule has 32 heavy (non-hydrogen) atoms. The summed E-state index contributed by atoms with van der Waals surface area (Å²) in [5.74, 6) is 0.406. The normalized spacial score (nSPS) is 13.5. The smallest absolute Gasteiger partial charge is 0.240 e. The summed E-state index contributed by atoms with van der Waals surface area (Å²) in [5, 5.41) is 1.14. The Bertz CT molecular complexity index is 1090. The fourth-order valence-corrected chi connectivity index (χ4v) is 5.53. The molecule has 0 fully saturated rings. The number of hydrogen-bond donors (Lipinski definition) is 2. The predicted octanol–water partition coefficient (Wildman–Crippen LogP) is 5.06. The lowest BCUT2D eigenvalue weighted by molar-refractivity contribution is -0.923. The van der Waals surface area contributed by atoms with Crippen molar-refractivity contribution in [2.45, 2.75) is 51.3 Å². The Morgan fingerprint density at radius 3 is 2.28 bits per heavy atom. The van der Waals surface area contributed by atoms with Crippen LogP contribution in [0.25, 0.3) is 10.9 Å². The molecule has 3 aromatic rings. The summed E-state index contributed by atoms with van der Waals surface area (Å²) in [7, 11) is -3.52. The maximum absolute atomic E-state index is 12.8. The number of fused-ring (bicyclic) bond motifs is 1. The van der Waals surface area contributed by atoms with Crippen LogP contribution in [0, 0.1) is 0 Å². The summed E-state index contributed by atoms with van der Waals surface area (Å²) >= 11 is 0. The van der Waals surface area contributed by atoms with Gasteiger partial charge in [0.1, 0.15) is 0 Å². The van der Waals surface area contributed by atoms with Gasteiger partial charge in [-0.25, -0.2) is 13.1 Å². The minimum Gasteiger partial charge on any atom is -0.361 e. The molecule has 0 amide bonds. The first-order valence-corrected chi connectivity index (χ1v) is 13.3. The molecule has 0 aliphatic heterocycles. The van der Waals surface area contributed by atoms with Crippen LogP contribution >= 0.6 is 0 Å². The highest BCUT2D eigenvalue weighted by molar-refractivity contribution is 7.89. The van der Waals surface area contributed by atoms with Gasteiger partial charge in [-0.3, -0.25) is 0 Å². The molecular formula is C26H38N3O2S+. The van der Waals surface area contributed by atoms with Crippen molar-refractivity contribution in [2.24, 2.45) is 0 Å². The Morgan fingerprint density at radius 2 is 1.62 bits per heavy atom. The molecule has 174 valence electrons. The fourth-order valence-electron chi connectivity index (χ4n) is 4.50. The van der Waals surface area contributed by atoms with Gasteiger partial charge in [0.05, 0.1) is 31.1 Å². The molecule has 0 aliphatic carbocycles. The van der Waals surface area contributed by atoms with Crippen LogP contribution in [0.4, 0.5) is 0 Å². The van der Waals surface area contributed by atoms with Crippen molar-refractivity contribution in [3.8, 4) is 0 Å². The fraction of sp³-hybridized carbons (Fsp3) is 0.462. The van der Waals surface area contributed by atoms with Crippen molar-refractivity contribution in [1.82, 2.24) is 9.71 Å². The molecule has 0 aliphatic rings. The Kier molecular flexibility index (Phi) is 8.15. The van der Waals surface area contributed by atoms with E-state index in [1.807, 2.05) is 36.5 Å². The molecule has 0 bridgehead atoms. The van der Waals surface area contributed by atoms with Crippen LogP contribution in [-0.2, 0) is 16.4 Å². The second-order valence-electron chi connectivity index (χ2n) is 8.78. The number of para-hydroxylation sites is 1. The molecule has 1 heterocycles. The number of nitrogens with zero attached hydrogens (tertiary/aromatic N) is 1. The third kappa shape index (κ3) is 5.61. The zero-order valence-corrected chi connectivity index (χ0v) is 20.7. The molecule has 2 aromatic carbocycles. The van der Waals surface area contributed by atoms with Crippen LogP contribution in [-0.4, -0.2) is 50.6 Å². The zero-order valence-electron chi connectivity index (χ0n) is 19.9. The molecule has 0 unspecified atom stereocenters. The topological polar surface area (TPSA) is 62.0 Å². The maximum Gasteiger partial charge on any atom is 0.240 e. The summed E-state index contributed by atoms with van der Waals surface area (Å²) in [4.78, 5) is 3.56. The van der Waals surface area contributed by atoms with E-state index in [2.05, 4.69) is 43.5 Å². The monoisotopic (exact) mass is 456 g/mol. The van der Waals surface area contributed by atoms with Crippen LogP contribution < -0.4 is 4.72 Å². The molecular weight excluding hydrogens is 418 g/mol. The molecule has 1 atom stereocenters. The third-order valence-corrected chi connectivity index (χ3v) is 8.65. The molecule has 0 saturated carbocycles. The minimum absolute atomic E-state index is 0.327. The quantitative estimate of drug-likeness (QED) is 0.374. The van der Waals surface area contributed by atoms with Gasteiger partial charge < -0.3 is 9.47 Å². The average molecular weight is 457 g/mol. The molecule has 1 aromatic heterocycles. The van der Waals surface area contributed by atoms with E-state index in [0.29, 0.717) is 23.8 Å². The summed E-state index contributed by atoms with van der Waals surface area (Å²) in [6.07, 6.45) is 3.70. The summed E-state index contributed by atoms with van der Waals surface area (Å²) in [6.45, 7) is 14.0. The molecule has 0 saturated heterocycles. The maximum atomic E-state index is 12.8. The number of nitrogens with one attached hydrogen (secondary N) is 2. The van der Waals surface area contributed by atoms with E-state index < -0.39 is 10.0 Å². The molecule has 3 rings (SSSR count). The highest BCUT2D eigenvalue weighted by Gasteiger charge is 2.22. The van der Waals surface area contributed by atoms with Gasteiger partial charge in [-0.1, -0.05) is 37.3 Å². The molecule has 2 N–H and O–H groups in total. The van der Waals surface area contributed by atoms with Crippen molar-refractivity contribution in [3.63, 3.8) is 0 Å². The lowest BCUT2D eigenvalue weighted by atomic mass is 9.97. The molecule has 0 radical (unpaired) electrons. The lowest BCUT2D eigenvalue weighted by Gasteiger charge is -2.36. The van der Waals surface area contributed by atoms with Gasteiger partial charge in [-0.15, -0.1) is 0 Å². The number of aromatic amines is 1.